The van der Waals surface area contributed by atoms with Crippen molar-refractivity contribution in [3.05, 3.63) is 243 Å². The molecule has 0 unspecified atom stereocenters. The average molecular weight is 1730 g/mol. The van der Waals surface area contributed by atoms with Crippen LogP contribution in [0.5, 0.6) is 0 Å². The maximum Gasteiger partial charge on any atom is 0.410 e. The summed E-state index contributed by atoms with van der Waals surface area (Å²) in [4.78, 5) is 168. The van der Waals surface area contributed by atoms with Gasteiger partial charge in [0.15, 0.2) is 34.4 Å². The van der Waals surface area contributed by atoms with Gasteiger partial charge in [0.05, 0.1) is 47.7 Å². The van der Waals surface area contributed by atoms with Crippen LogP contribution in [0.2, 0.25) is 0 Å². The SMILES string of the molecule is CC#CC(=O)N1CC[C@@H](n2c(=O)n(-c3ccc(NC(=O)c4ccccc4)cc3)c3c(N)ncnc32)C1.CC(C)(C)OC(=O)N1CC[C@@H](N2C(=O)Cc3c(N)ncnc32)C1.CC(C)(C)OC(=O)N1CC[C@@H](n2c(=O)n(-c3ccc(NC(=O)c4ccccc4)cc3)c3c(N)ncnc32)C1.Nc1ncnc2c1n(-c1ccc(NC(=O)c3ccccc3)cc1)c(=O)n2[C@@H]1CCNC1. The molecular formula is C90H94N26O12. The highest BCUT2D eigenvalue weighted by Crippen LogP contribution is 2.36. The van der Waals surface area contributed by atoms with Gasteiger partial charge in [0.1, 0.15) is 64.7 Å². The van der Waals surface area contributed by atoms with E-state index in [0.717, 1.165) is 13.0 Å². The first-order chi connectivity index (χ1) is 61.5. The highest BCUT2D eigenvalue weighted by molar-refractivity contribution is 6.06. The third kappa shape index (κ3) is 18.6. The van der Waals surface area contributed by atoms with E-state index in [1.165, 1.54) is 39.0 Å². The lowest BCUT2D eigenvalue weighted by Crippen LogP contribution is -2.42. The van der Waals surface area contributed by atoms with Crippen LogP contribution in [-0.4, -0.2) is 193 Å². The fourth-order valence-corrected chi connectivity index (χ4v) is 16.0. The van der Waals surface area contributed by atoms with E-state index < -0.39 is 17.3 Å². The van der Waals surface area contributed by atoms with E-state index in [0.29, 0.717) is 167 Å². The zero-order valence-corrected chi connectivity index (χ0v) is 71.2. The fraction of sp³-hybridized carbons (Fsp3) is 0.289. The Balaban J connectivity index is 0.000000133. The minimum atomic E-state index is -0.615. The number of ether oxygens (including phenoxy) is 2. The maximum absolute atomic E-state index is 13.8. The van der Waals surface area contributed by atoms with E-state index in [4.69, 9.17) is 32.4 Å². The molecule has 0 aliphatic carbocycles. The number of amides is 7. The standard InChI is InChI=1S/C27H29N7O4.C26H23N7O3.C22H21N7O2.C15H21N5O3/c1-27(2,3)38-26(37)32-14-13-20(15-32)34-23-21(22(28)29-16-30-23)33(25(34)36)19-11-9-18(10-12-19)31-24(35)17-7-5-4-6-8-17;1-2-6-21(34)31-14-13-20(15-31)33-24-22(23(27)28-16-29-24)32(26(33)36)19-11-9-18(10-12-19)30-25(35)17-7-4-3-5-8-17;23-19-18-20(26-13-25-19)29(17-10-11-24-12-17)22(31)28(18)16-8-6-15(7-9-16)27-21(30)14-4-2-1-3-5-14;1-15(2,3)23-14(22)19-5-4-9(7-19)20-11(21)6-10-12(16)17-8-18-13(10)20/h4-12,16,20H,13-15H2,1-3H3,(H,31,35)(H2,28,29,30);3-5,7-12,16,20H,13-15H2,1H3,(H,30,35)(H2,27,28,29);1-9,13,17,24H,10-12H2,(H,27,30)(H2,23,25,26);8-9H,4-7H2,1-3H3,(H2,16,17,18)/t2*20-;17-;9-/m1111/s1. The molecule has 6 aromatic carbocycles. The highest BCUT2D eigenvalue weighted by atomic mass is 16.6. The van der Waals surface area contributed by atoms with Crippen molar-refractivity contribution in [3.63, 3.8) is 0 Å². The summed E-state index contributed by atoms with van der Waals surface area (Å²) in [7, 11) is 0. The van der Waals surface area contributed by atoms with Crippen molar-refractivity contribution in [1.82, 2.24) is 87.3 Å². The van der Waals surface area contributed by atoms with Crippen LogP contribution in [0.25, 0.3) is 50.6 Å². The van der Waals surface area contributed by atoms with Gasteiger partial charge >= 0.3 is 29.3 Å². The molecule has 0 spiro atoms. The van der Waals surface area contributed by atoms with Crippen LogP contribution in [0.1, 0.15) is 129 Å². The van der Waals surface area contributed by atoms with Crippen molar-refractivity contribution in [2.45, 2.75) is 116 Å². The van der Waals surface area contributed by atoms with Crippen molar-refractivity contribution in [3.8, 4) is 28.9 Å². The number of anilines is 8. The summed E-state index contributed by atoms with van der Waals surface area (Å²) in [6, 6.07) is 46.9. The van der Waals surface area contributed by atoms with Crippen LogP contribution in [0.4, 0.5) is 55.7 Å². The smallest absolute Gasteiger partial charge is 0.410 e. The number of hydrogen-bond acceptors (Lipinski definition) is 25. The number of carbonyl (C=O) groups is 7. The Morgan fingerprint density at radius 1 is 0.422 bits per heavy atom. The molecule has 13 aromatic rings. The van der Waals surface area contributed by atoms with Gasteiger partial charge in [-0.05, 0) is 196 Å². The Morgan fingerprint density at radius 2 is 0.766 bits per heavy atom. The Hall–Kier alpha value is -15.9. The van der Waals surface area contributed by atoms with E-state index in [2.05, 4.69) is 73.0 Å². The molecule has 5 aliphatic rings. The fourth-order valence-electron chi connectivity index (χ4n) is 16.0. The molecule has 12 N–H and O–H groups in total. The number of fused-ring (bicyclic) bond motifs is 4. The van der Waals surface area contributed by atoms with Crippen LogP contribution < -0.4 is 66.2 Å². The molecule has 18 rings (SSSR count). The summed E-state index contributed by atoms with van der Waals surface area (Å²) in [6.45, 7) is 16.7. The van der Waals surface area contributed by atoms with Gasteiger partial charge in [-0.2, -0.15) is 0 Å². The van der Waals surface area contributed by atoms with Crippen LogP contribution >= 0.6 is 0 Å². The molecule has 38 nitrogen and oxygen atoms in total. The van der Waals surface area contributed by atoms with Crippen molar-refractivity contribution in [1.29, 1.82) is 0 Å². The van der Waals surface area contributed by atoms with Crippen molar-refractivity contribution < 1.29 is 43.0 Å². The molecule has 0 radical (unpaired) electrons. The molecule has 4 atom stereocenters. The lowest BCUT2D eigenvalue weighted by atomic mass is 10.2. The molecule has 7 aromatic heterocycles. The summed E-state index contributed by atoms with van der Waals surface area (Å²) >= 11 is 0. The molecular weight excluding hydrogens is 1640 g/mol. The third-order valence-electron chi connectivity index (χ3n) is 21.9. The molecule has 4 fully saturated rings. The van der Waals surface area contributed by atoms with Crippen LogP contribution in [0.3, 0.4) is 0 Å². The summed E-state index contributed by atoms with van der Waals surface area (Å²) in [6.07, 6.45) is 7.50. The zero-order chi connectivity index (χ0) is 90.4. The van der Waals surface area contributed by atoms with Crippen molar-refractivity contribution >= 4 is 121 Å². The van der Waals surface area contributed by atoms with Crippen LogP contribution in [0, 0.1) is 11.8 Å². The van der Waals surface area contributed by atoms with Gasteiger partial charge in [-0.15, -0.1) is 0 Å². The number of nitrogen functional groups attached to an aromatic ring is 4. The highest BCUT2D eigenvalue weighted by Gasteiger charge is 2.42. The predicted molar refractivity (Wildman–Crippen MR) is 481 cm³/mol. The first-order valence-corrected chi connectivity index (χ1v) is 41.4. The van der Waals surface area contributed by atoms with E-state index in [9.17, 15) is 47.9 Å². The normalized spacial score (nSPS) is 16.4. The van der Waals surface area contributed by atoms with Gasteiger partial charge in [-0.25, -0.2) is 63.8 Å². The minimum absolute atomic E-state index is 0.00924. The van der Waals surface area contributed by atoms with E-state index in [-0.39, 0.29) is 101 Å². The number of benzene rings is 6. The quantitative estimate of drug-likeness (QED) is 0.0500. The van der Waals surface area contributed by atoms with Gasteiger partial charge < -0.3 is 68.4 Å². The van der Waals surface area contributed by atoms with Crippen molar-refractivity contribution in [2.75, 3.05) is 96.1 Å². The third-order valence-corrected chi connectivity index (χ3v) is 21.9. The van der Waals surface area contributed by atoms with Gasteiger partial charge in [-0.1, -0.05) is 60.5 Å². The maximum atomic E-state index is 13.8. The zero-order valence-electron chi connectivity index (χ0n) is 71.2. The van der Waals surface area contributed by atoms with Gasteiger partial charge in [0.25, 0.3) is 23.6 Å². The molecule has 4 saturated heterocycles. The molecule has 0 bridgehead atoms. The van der Waals surface area contributed by atoms with Crippen molar-refractivity contribution in [2.24, 2.45) is 0 Å². The summed E-state index contributed by atoms with van der Waals surface area (Å²) < 4.78 is 20.2. The molecule has 656 valence electrons. The first-order valence-electron chi connectivity index (χ1n) is 41.4. The second-order valence-electron chi connectivity index (χ2n) is 32.8. The van der Waals surface area contributed by atoms with Crippen LogP contribution in [-0.2, 0) is 25.5 Å². The monoisotopic (exact) mass is 1730 g/mol. The second kappa shape index (κ2) is 36.9. The topological polar surface area (TPSA) is 487 Å². The molecule has 38 heteroatoms. The minimum Gasteiger partial charge on any atom is -0.444 e. The lowest BCUT2D eigenvalue weighted by Gasteiger charge is -2.26. The number of nitrogens with one attached hydrogen (secondary N) is 4. The van der Waals surface area contributed by atoms with E-state index >= 15 is 0 Å². The Kier molecular flexibility index (Phi) is 25.0. The molecule has 0 saturated carbocycles. The number of nitrogens with two attached hydrogens (primary N) is 4. The van der Waals surface area contributed by atoms with Crippen LogP contribution in [0.15, 0.2) is 203 Å². The largest absolute Gasteiger partial charge is 0.444 e. The van der Waals surface area contributed by atoms with E-state index in [1.807, 2.05) is 71.9 Å². The number of nitrogens with zero attached hydrogens (tertiary/aromatic N) is 18. The van der Waals surface area contributed by atoms with Gasteiger partial charge in [-0.3, -0.25) is 56.3 Å². The molecule has 12 heterocycles. The lowest BCUT2D eigenvalue weighted by molar-refractivity contribution is -0.124. The number of likely N-dealkylation sites (tertiary alicyclic amines) is 3. The van der Waals surface area contributed by atoms with E-state index in [1.54, 1.807) is 174 Å². The first kappa shape index (κ1) is 87.0. The summed E-state index contributed by atoms with van der Waals surface area (Å²) in [5.74, 6) is 5.66. The van der Waals surface area contributed by atoms with Gasteiger partial charge in [0, 0.05) is 85.1 Å². The van der Waals surface area contributed by atoms with Gasteiger partial charge in [0.2, 0.25) is 5.91 Å². The predicted octanol–water partition coefficient (Wildman–Crippen LogP) is 8.72. The number of aromatic nitrogens is 14. The molecule has 5 aliphatic heterocycles. The number of rotatable bonds is 13. The summed E-state index contributed by atoms with van der Waals surface area (Å²) in [5, 5.41) is 11.8. The Bertz CT molecular complexity index is 6640. The molecule has 7 amide bonds. The Morgan fingerprint density at radius 3 is 1.13 bits per heavy atom. The second-order valence-corrected chi connectivity index (χ2v) is 32.8. The Labute approximate surface area is 731 Å². The summed E-state index contributed by atoms with van der Waals surface area (Å²) in [5.41, 5.74) is 30.7. The number of hydrogen-bond donors (Lipinski definition) is 8. The number of carbonyl (C=O) groups excluding carboxylic acids is 7. The number of imidazole rings is 3. The average Bonchev–Trinajstić information content (AvgIpc) is 1.62. The molecule has 128 heavy (non-hydrogen) atoms.